The highest BCUT2D eigenvalue weighted by Crippen LogP contribution is 2.21. The van der Waals surface area contributed by atoms with Gasteiger partial charge in [-0.3, -0.25) is 4.79 Å². The number of piperidine rings is 1. The predicted molar refractivity (Wildman–Crippen MR) is 77.9 cm³/mol. The van der Waals surface area contributed by atoms with Crippen molar-refractivity contribution in [3.05, 3.63) is 21.6 Å². The number of nitrogens with zero attached hydrogens (tertiary/aromatic N) is 2. The molecule has 1 saturated heterocycles. The summed E-state index contributed by atoms with van der Waals surface area (Å²) >= 11 is 6.11. The minimum atomic E-state index is -0.233. The van der Waals surface area contributed by atoms with Gasteiger partial charge in [-0.15, -0.1) is 0 Å². The van der Waals surface area contributed by atoms with E-state index in [1.807, 2.05) is 6.92 Å². The molecular weight excluding hydrogens is 264 g/mol. The Balaban J connectivity index is 2.10. The Morgan fingerprint density at radius 3 is 3.11 bits per heavy atom. The van der Waals surface area contributed by atoms with E-state index >= 15 is 0 Å². The summed E-state index contributed by atoms with van der Waals surface area (Å²) < 4.78 is 1.36. The number of anilines is 1. The first-order valence-electron chi connectivity index (χ1n) is 6.86. The third-order valence-corrected chi connectivity index (χ3v) is 4.07. The van der Waals surface area contributed by atoms with Gasteiger partial charge in [0.05, 0.1) is 11.9 Å². The summed E-state index contributed by atoms with van der Waals surface area (Å²) in [6, 6.07) is 0.268. The van der Waals surface area contributed by atoms with E-state index < -0.39 is 0 Å². The molecule has 1 aromatic rings. The summed E-state index contributed by atoms with van der Waals surface area (Å²) in [4.78, 5) is 11.9. The van der Waals surface area contributed by atoms with Gasteiger partial charge in [-0.2, -0.15) is 5.10 Å². The molecule has 0 aliphatic carbocycles. The van der Waals surface area contributed by atoms with Crippen LogP contribution in [-0.4, -0.2) is 28.9 Å². The van der Waals surface area contributed by atoms with Crippen LogP contribution in [0.2, 0.25) is 5.02 Å². The SMILES string of the molecule is CCn1ncc(NC(C)C2CCCNC2)c(Cl)c1=O. The maximum Gasteiger partial charge on any atom is 0.287 e. The molecule has 0 saturated carbocycles. The van der Waals surface area contributed by atoms with Gasteiger partial charge in [-0.05, 0) is 45.7 Å². The minimum Gasteiger partial charge on any atom is -0.380 e. The number of rotatable bonds is 4. The number of nitrogens with one attached hydrogen (secondary N) is 2. The summed E-state index contributed by atoms with van der Waals surface area (Å²) in [6.45, 7) is 6.62. The molecule has 2 rings (SSSR count). The first kappa shape index (κ1) is 14.3. The average molecular weight is 285 g/mol. The highest BCUT2D eigenvalue weighted by Gasteiger charge is 2.21. The lowest BCUT2D eigenvalue weighted by Gasteiger charge is -2.29. The molecule has 2 atom stereocenters. The Hall–Kier alpha value is -1.07. The molecule has 0 aromatic carbocycles. The largest absolute Gasteiger partial charge is 0.380 e. The van der Waals surface area contributed by atoms with Crippen LogP contribution in [0.4, 0.5) is 5.69 Å². The maximum atomic E-state index is 11.9. The molecular formula is C13H21ClN4O. The van der Waals surface area contributed by atoms with Crippen LogP contribution >= 0.6 is 11.6 Å². The maximum absolute atomic E-state index is 11.9. The fourth-order valence-corrected chi connectivity index (χ4v) is 2.66. The molecule has 0 radical (unpaired) electrons. The van der Waals surface area contributed by atoms with Crippen molar-refractivity contribution in [2.75, 3.05) is 18.4 Å². The fraction of sp³-hybridized carbons (Fsp3) is 0.692. The molecule has 2 unspecified atom stereocenters. The van der Waals surface area contributed by atoms with E-state index in [1.54, 1.807) is 6.20 Å². The quantitative estimate of drug-likeness (QED) is 0.884. The molecule has 1 aliphatic rings. The van der Waals surface area contributed by atoms with Crippen LogP contribution in [0.3, 0.4) is 0 Å². The van der Waals surface area contributed by atoms with Crippen molar-refractivity contribution in [2.45, 2.75) is 39.3 Å². The number of aryl methyl sites for hydroxylation is 1. The first-order valence-corrected chi connectivity index (χ1v) is 7.24. The van der Waals surface area contributed by atoms with E-state index in [-0.39, 0.29) is 16.6 Å². The Labute approximate surface area is 118 Å². The van der Waals surface area contributed by atoms with Gasteiger partial charge in [-0.25, -0.2) is 4.68 Å². The third kappa shape index (κ3) is 3.28. The molecule has 1 fully saturated rings. The zero-order chi connectivity index (χ0) is 13.8. The van der Waals surface area contributed by atoms with Gasteiger partial charge in [-0.1, -0.05) is 11.6 Å². The number of hydrogen-bond acceptors (Lipinski definition) is 4. The van der Waals surface area contributed by atoms with E-state index in [9.17, 15) is 4.79 Å². The zero-order valence-electron chi connectivity index (χ0n) is 11.4. The van der Waals surface area contributed by atoms with Crippen molar-refractivity contribution in [1.82, 2.24) is 15.1 Å². The summed E-state index contributed by atoms with van der Waals surface area (Å²) in [5, 5.41) is 11.0. The van der Waals surface area contributed by atoms with Crippen LogP contribution in [-0.2, 0) is 6.54 Å². The number of aromatic nitrogens is 2. The van der Waals surface area contributed by atoms with Gasteiger partial charge < -0.3 is 10.6 Å². The van der Waals surface area contributed by atoms with Crippen molar-refractivity contribution >= 4 is 17.3 Å². The molecule has 0 bridgehead atoms. The van der Waals surface area contributed by atoms with Crippen molar-refractivity contribution in [2.24, 2.45) is 5.92 Å². The monoisotopic (exact) mass is 284 g/mol. The van der Waals surface area contributed by atoms with Crippen molar-refractivity contribution in [1.29, 1.82) is 0 Å². The molecule has 1 aromatic heterocycles. The van der Waals surface area contributed by atoms with E-state index in [0.717, 1.165) is 13.1 Å². The Morgan fingerprint density at radius 2 is 2.47 bits per heavy atom. The highest BCUT2D eigenvalue weighted by molar-refractivity contribution is 6.32. The van der Waals surface area contributed by atoms with Crippen LogP contribution < -0.4 is 16.2 Å². The second-order valence-corrected chi connectivity index (χ2v) is 5.41. The van der Waals surface area contributed by atoms with Crippen molar-refractivity contribution < 1.29 is 0 Å². The van der Waals surface area contributed by atoms with Crippen molar-refractivity contribution in [3.8, 4) is 0 Å². The zero-order valence-corrected chi connectivity index (χ0v) is 12.2. The molecule has 1 aliphatic heterocycles. The van der Waals surface area contributed by atoms with Gasteiger partial charge >= 0.3 is 0 Å². The van der Waals surface area contributed by atoms with E-state index in [0.29, 0.717) is 18.2 Å². The van der Waals surface area contributed by atoms with Gasteiger partial charge in [0.25, 0.3) is 5.56 Å². The molecule has 2 N–H and O–H groups in total. The van der Waals surface area contributed by atoms with Crippen LogP contribution in [0, 0.1) is 5.92 Å². The molecule has 5 nitrogen and oxygen atoms in total. The summed E-state index contributed by atoms with van der Waals surface area (Å²) in [5.41, 5.74) is 0.401. The standard InChI is InChI=1S/C13H21ClN4O/c1-3-18-13(19)12(14)11(8-16-18)17-9(2)10-5-4-6-15-7-10/h8-10,15,17H,3-7H2,1-2H3. The second-order valence-electron chi connectivity index (χ2n) is 5.03. The molecule has 2 heterocycles. The summed E-state index contributed by atoms with van der Waals surface area (Å²) in [7, 11) is 0. The van der Waals surface area contributed by atoms with E-state index in [2.05, 4.69) is 22.7 Å². The molecule has 0 amide bonds. The van der Waals surface area contributed by atoms with Crippen LogP contribution in [0.15, 0.2) is 11.0 Å². The molecule has 6 heteroatoms. The fourth-order valence-electron chi connectivity index (χ4n) is 2.46. The number of hydrogen-bond donors (Lipinski definition) is 2. The van der Waals surface area contributed by atoms with Crippen LogP contribution in [0.25, 0.3) is 0 Å². The van der Waals surface area contributed by atoms with Gasteiger partial charge in [0, 0.05) is 12.6 Å². The lowest BCUT2D eigenvalue weighted by molar-refractivity contribution is 0.347. The Kier molecular flexibility index (Phi) is 4.82. The first-order chi connectivity index (χ1) is 9.13. The van der Waals surface area contributed by atoms with Crippen molar-refractivity contribution in [3.63, 3.8) is 0 Å². The number of halogens is 1. The summed E-state index contributed by atoms with van der Waals surface area (Å²) in [5.74, 6) is 0.554. The minimum absolute atomic E-state index is 0.229. The lowest BCUT2D eigenvalue weighted by atomic mass is 9.93. The smallest absolute Gasteiger partial charge is 0.287 e. The normalized spacial score (nSPS) is 21.1. The van der Waals surface area contributed by atoms with Crippen LogP contribution in [0.5, 0.6) is 0 Å². The van der Waals surface area contributed by atoms with E-state index in [1.165, 1.54) is 17.5 Å². The predicted octanol–water partition coefficient (Wildman–Crippen LogP) is 1.72. The topological polar surface area (TPSA) is 59.0 Å². The third-order valence-electron chi connectivity index (χ3n) is 3.71. The highest BCUT2D eigenvalue weighted by atomic mass is 35.5. The van der Waals surface area contributed by atoms with Gasteiger partial charge in [0.15, 0.2) is 0 Å². The van der Waals surface area contributed by atoms with Crippen LogP contribution in [0.1, 0.15) is 26.7 Å². The Morgan fingerprint density at radius 1 is 1.68 bits per heavy atom. The second kappa shape index (κ2) is 6.39. The average Bonchev–Trinajstić information content (AvgIpc) is 2.45. The molecule has 0 spiro atoms. The summed E-state index contributed by atoms with van der Waals surface area (Å²) in [6.07, 6.45) is 4.03. The van der Waals surface area contributed by atoms with E-state index in [4.69, 9.17) is 11.6 Å². The van der Waals surface area contributed by atoms with Gasteiger partial charge in [0.1, 0.15) is 5.02 Å². The lowest BCUT2D eigenvalue weighted by Crippen LogP contribution is -2.39. The Bertz CT molecular complexity index is 482. The molecule has 106 valence electrons. The molecule has 19 heavy (non-hydrogen) atoms. The van der Waals surface area contributed by atoms with Gasteiger partial charge in [0.2, 0.25) is 0 Å².